The Morgan fingerprint density at radius 3 is 0.836 bits per heavy atom. The van der Waals surface area contributed by atoms with E-state index >= 15 is 0 Å². The fourth-order valence-electron chi connectivity index (χ4n) is 7.32. The molecule has 4 aliphatic rings. The lowest BCUT2D eigenvalue weighted by Gasteiger charge is -2.16. The number of esters is 2. The van der Waals surface area contributed by atoms with Crippen molar-refractivity contribution in [3.63, 3.8) is 0 Å². The zero-order valence-electron chi connectivity index (χ0n) is 35.7. The van der Waals surface area contributed by atoms with E-state index in [-0.39, 0.29) is 22.9 Å². The Bertz CT molecular complexity index is 3130. The van der Waals surface area contributed by atoms with Gasteiger partial charge in [-0.1, -0.05) is 0 Å². The molecule has 3 heterocycles. The first kappa shape index (κ1) is 50.0. The van der Waals surface area contributed by atoms with Crippen molar-refractivity contribution in [1.29, 1.82) is 0 Å². The molecule has 1 fully saturated rings. The number of benzene rings is 6. The van der Waals surface area contributed by atoms with E-state index in [0.29, 0.717) is 9.80 Å². The number of nitrogen functional groups attached to an aromatic ring is 2. The van der Waals surface area contributed by atoms with Gasteiger partial charge in [-0.25, -0.2) is 62.5 Å². The highest BCUT2D eigenvalue weighted by Crippen LogP contribution is 2.46. The molecule has 13 nitrogen and oxygen atoms in total. The molecule has 4 amide bonds. The van der Waals surface area contributed by atoms with Crippen LogP contribution in [0.1, 0.15) is 41.4 Å². The third kappa shape index (κ3) is 8.69. The van der Waals surface area contributed by atoms with Crippen molar-refractivity contribution in [3.05, 3.63) is 189 Å². The summed E-state index contributed by atoms with van der Waals surface area (Å²) in [6.07, 6.45) is 0. The molecule has 4 N–H and O–H groups in total. The van der Waals surface area contributed by atoms with Gasteiger partial charge in [-0.15, -0.1) is 0 Å². The smallest absolute Gasteiger partial charge is 0.324 e. The molecule has 6 aromatic rings. The number of halogens is 12. The average molecular weight is 1030 g/mol. The number of anilines is 4. The number of nitrogens with zero attached hydrogens (tertiary/aromatic N) is 2. The topological polar surface area (TPSA) is 189 Å². The summed E-state index contributed by atoms with van der Waals surface area (Å²) in [5, 5.41) is 0. The molecule has 0 aromatic heterocycles. The molecule has 0 bridgehead atoms. The van der Waals surface area contributed by atoms with Crippen molar-refractivity contribution >= 4 is 58.3 Å². The first-order valence-corrected chi connectivity index (χ1v) is 20.2. The van der Waals surface area contributed by atoms with Gasteiger partial charge < -0.3 is 25.7 Å². The van der Waals surface area contributed by atoms with Crippen molar-refractivity contribution in [2.24, 2.45) is 11.8 Å². The van der Waals surface area contributed by atoms with Crippen molar-refractivity contribution in [3.8, 4) is 23.0 Å². The van der Waals surface area contributed by atoms with E-state index in [1.54, 1.807) is 24.3 Å². The Hall–Kier alpha value is -9.42. The monoisotopic (exact) mass is 1030 g/mol. The lowest BCUT2D eigenvalue weighted by atomic mass is 9.88. The summed E-state index contributed by atoms with van der Waals surface area (Å²) in [5.41, 5.74) is 7.07. The number of allylic oxidation sites excluding steroid dienone is 2. The number of imide groups is 2. The van der Waals surface area contributed by atoms with E-state index in [1.165, 1.54) is 24.3 Å². The highest BCUT2D eigenvalue weighted by atomic mass is 19.2. The Morgan fingerprint density at radius 2 is 0.589 bits per heavy atom. The third-order valence-electron chi connectivity index (χ3n) is 10.8. The van der Waals surface area contributed by atoms with E-state index < -0.39 is 140 Å². The zero-order valence-corrected chi connectivity index (χ0v) is 35.7. The van der Waals surface area contributed by atoms with Gasteiger partial charge in [0.05, 0.1) is 33.6 Å². The van der Waals surface area contributed by atoms with Crippen molar-refractivity contribution < 1.29 is 95.7 Å². The maximum atomic E-state index is 14.2. The Morgan fingerprint density at radius 1 is 0.356 bits per heavy atom. The molecule has 6 aromatic carbocycles. The predicted molar refractivity (Wildman–Crippen MR) is 226 cm³/mol. The molecular formula is C48H22F12N4O9. The van der Waals surface area contributed by atoms with Crippen LogP contribution < -0.4 is 30.7 Å². The lowest BCUT2D eigenvalue weighted by Crippen LogP contribution is -2.29. The first-order chi connectivity index (χ1) is 34.5. The minimum Gasteiger partial charge on any atom is -0.457 e. The summed E-state index contributed by atoms with van der Waals surface area (Å²) < 4.78 is 178. The number of carbonyl (C=O) groups is 6. The second-order valence-electron chi connectivity index (χ2n) is 15.3. The van der Waals surface area contributed by atoms with Crippen molar-refractivity contribution in [2.45, 2.75) is 0 Å². The normalized spacial score (nSPS) is 16.7. The number of fused-ring (bicyclic) bond motifs is 3. The molecule has 3 aliphatic heterocycles. The molecule has 1 saturated heterocycles. The Balaban J connectivity index is 0.000000191. The van der Waals surface area contributed by atoms with Crippen LogP contribution in [0.2, 0.25) is 0 Å². The van der Waals surface area contributed by atoms with E-state index in [4.69, 9.17) is 20.9 Å². The molecule has 73 heavy (non-hydrogen) atoms. The van der Waals surface area contributed by atoms with Crippen LogP contribution in [0.4, 0.5) is 75.4 Å². The van der Waals surface area contributed by atoms with E-state index in [2.05, 4.69) is 4.74 Å². The summed E-state index contributed by atoms with van der Waals surface area (Å²) in [4.78, 5) is 72.7. The largest absolute Gasteiger partial charge is 0.457 e. The van der Waals surface area contributed by atoms with E-state index in [1.807, 2.05) is 24.3 Å². The summed E-state index contributed by atoms with van der Waals surface area (Å²) in [5.74, 6) is -35.9. The number of ether oxygens (including phenoxy) is 3. The maximum absolute atomic E-state index is 14.2. The number of amides is 4. The van der Waals surface area contributed by atoms with Crippen LogP contribution in [0.5, 0.6) is 23.0 Å². The van der Waals surface area contributed by atoms with Gasteiger partial charge in [0.25, 0.3) is 23.6 Å². The minimum absolute atomic E-state index is 0.0541. The number of hydrogen-bond acceptors (Lipinski definition) is 11. The molecular weight excluding hydrogens is 1000 g/mol. The quantitative estimate of drug-likeness (QED) is 0.0307. The van der Waals surface area contributed by atoms with Gasteiger partial charge in [0, 0.05) is 11.4 Å². The van der Waals surface area contributed by atoms with Crippen LogP contribution in [0.15, 0.2) is 120 Å². The average Bonchev–Trinajstić information content (AvgIpc) is 3.94. The van der Waals surface area contributed by atoms with Gasteiger partial charge >= 0.3 is 11.9 Å². The van der Waals surface area contributed by atoms with Crippen molar-refractivity contribution in [1.82, 2.24) is 0 Å². The highest BCUT2D eigenvalue weighted by molar-refractivity contribution is 6.35. The van der Waals surface area contributed by atoms with Crippen molar-refractivity contribution in [2.75, 3.05) is 21.3 Å². The Kier molecular flexibility index (Phi) is 13.1. The molecule has 25 heteroatoms. The summed E-state index contributed by atoms with van der Waals surface area (Å²) >= 11 is 0. The van der Waals surface area contributed by atoms with Crippen LogP contribution in [-0.2, 0) is 14.3 Å². The molecule has 0 saturated carbocycles. The molecule has 2 unspecified atom stereocenters. The molecule has 372 valence electrons. The van der Waals surface area contributed by atoms with Gasteiger partial charge in [-0.3, -0.25) is 28.8 Å². The summed E-state index contributed by atoms with van der Waals surface area (Å²) in [7, 11) is 0. The lowest BCUT2D eigenvalue weighted by molar-refractivity contribution is -0.153. The number of nitrogens with two attached hydrogens (primary N) is 2. The van der Waals surface area contributed by atoms with Crippen LogP contribution in [0, 0.1) is 58.4 Å². The van der Waals surface area contributed by atoms with E-state index in [0.717, 1.165) is 47.1 Å². The fourth-order valence-corrected chi connectivity index (χ4v) is 7.32. The second-order valence-corrected chi connectivity index (χ2v) is 15.3. The number of carbonyl (C=O) groups excluding carboxylic acids is 6. The highest BCUT2D eigenvalue weighted by Gasteiger charge is 2.55. The number of hydrogen-bond donors (Lipinski definition) is 2. The summed E-state index contributed by atoms with van der Waals surface area (Å²) in [6, 6.07) is 23.8. The molecule has 0 radical (unpaired) electrons. The molecule has 10 rings (SSSR count). The first-order valence-electron chi connectivity index (χ1n) is 20.2. The third-order valence-corrected chi connectivity index (χ3v) is 10.8. The van der Waals surface area contributed by atoms with Gasteiger partial charge in [0.2, 0.25) is 0 Å². The standard InChI is InChI=1S/C28H8F8N2O5.C12H12N2O.C8H2F4O3/c29-17-13-14(18(30)22(34)21(17)33)26(40)37(25(13)39)9-1-5-11(6-2-9)43-12-7-3-10(4-8-12)38-27(41)15-16(28(38)42)20(32)24(36)23(35)19(15)31;13-9-1-5-11(6-2-9)15-12-7-3-10(14)4-8-12;9-3-1-2(8(14)15-7(1)13)4(10)6(12)5(3)11/h1-8H;1-8H,13-14H2;1-2H. The fraction of sp³-hybridized carbons (Fsp3) is 0.0417. The van der Waals surface area contributed by atoms with Crippen LogP contribution >= 0.6 is 0 Å². The molecule has 2 atom stereocenters. The van der Waals surface area contributed by atoms with Gasteiger partial charge in [-0.05, 0) is 97.1 Å². The Labute approximate surface area is 398 Å². The second kappa shape index (κ2) is 19.1. The van der Waals surface area contributed by atoms with E-state index in [9.17, 15) is 81.5 Å². The zero-order chi connectivity index (χ0) is 53.1. The maximum Gasteiger partial charge on any atom is 0.324 e. The SMILES string of the molecule is Nc1ccc(Oc2ccc(N)cc2)cc1.O=C1OC(=O)C2C(F)=C(F)C(F)=C(F)C12.O=C1c2c(F)c(F)c(F)c(F)c2C(=O)N1c1ccc(Oc2ccc(N3C(=O)c4c(F)c(F)c(F)c(F)c4C3=O)cc2)cc1. The molecule has 0 spiro atoms. The predicted octanol–water partition coefficient (Wildman–Crippen LogP) is 10.5. The van der Waals surface area contributed by atoms with Gasteiger partial charge in [0.1, 0.15) is 34.8 Å². The number of cyclic esters (lactones) is 2. The minimum atomic E-state index is -2.25. The van der Waals surface area contributed by atoms with Gasteiger partial charge in [0.15, 0.2) is 69.8 Å². The molecule has 1 aliphatic carbocycles. The number of rotatable bonds is 6. The van der Waals surface area contributed by atoms with Gasteiger partial charge in [-0.2, -0.15) is 0 Å². The van der Waals surface area contributed by atoms with Crippen LogP contribution in [-0.4, -0.2) is 35.6 Å². The van der Waals surface area contributed by atoms with Crippen LogP contribution in [0.25, 0.3) is 0 Å². The summed E-state index contributed by atoms with van der Waals surface area (Å²) in [6.45, 7) is 0. The van der Waals surface area contributed by atoms with Crippen LogP contribution in [0.3, 0.4) is 0 Å².